The van der Waals surface area contributed by atoms with Crippen molar-refractivity contribution in [3.63, 3.8) is 0 Å². The summed E-state index contributed by atoms with van der Waals surface area (Å²) in [5.74, 6) is 1.52. The molecule has 1 aliphatic heterocycles. The first-order chi connectivity index (χ1) is 10.2. The average molecular weight is 350 g/mol. The minimum absolute atomic E-state index is 0.0194. The van der Waals surface area contributed by atoms with E-state index in [9.17, 15) is 4.79 Å². The summed E-state index contributed by atoms with van der Waals surface area (Å²) in [7, 11) is 0. The fourth-order valence-corrected chi connectivity index (χ4v) is 2.76. The number of nitrogens with zero attached hydrogens (tertiary/aromatic N) is 4. The lowest BCUT2D eigenvalue weighted by atomic mass is 10.2. The van der Waals surface area contributed by atoms with Crippen LogP contribution in [0.5, 0.6) is 0 Å². The highest BCUT2D eigenvalue weighted by molar-refractivity contribution is 9.10. The number of halogens is 1. The van der Waals surface area contributed by atoms with E-state index in [1.165, 1.54) is 0 Å². The number of aromatic nitrogens is 3. The van der Waals surface area contributed by atoms with Crippen molar-refractivity contribution in [2.45, 2.75) is 20.0 Å². The van der Waals surface area contributed by atoms with E-state index in [1.54, 1.807) is 12.4 Å². The summed E-state index contributed by atoms with van der Waals surface area (Å²) in [6, 6.07) is 1.81. The molecular weight excluding hydrogens is 334 g/mol. The van der Waals surface area contributed by atoms with Crippen LogP contribution in [0.25, 0.3) is 0 Å². The van der Waals surface area contributed by atoms with Crippen LogP contribution < -0.4 is 5.32 Å². The molecule has 1 amide bonds. The Bertz CT molecular complexity index is 669. The number of nitrogens with one attached hydrogen (secondary N) is 1. The van der Waals surface area contributed by atoms with Gasteiger partial charge in [-0.2, -0.15) is 0 Å². The summed E-state index contributed by atoms with van der Waals surface area (Å²) in [4.78, 5) is 23.2. The number of imidazole rings is 1. The topological polar surface area (TPSA) is 63.1 Å². The molecule has 0 fully saturated rings. The Morgan fingerprint density at radius 1 is 1.43 bits per heavy atom. The first kappa shape index (κ1) is 14.1. The van der Waals surface area contributed by atoms with E-state index >= 15 is 0 Å². The van der Waals surface area contributed by atoms with Gasteiger partial charge in [0, 0.05) is 42.7 Å². The fraction of sp³-hybridized carbons (Fsp3) is 0.357. The third-order valence-electron chi connectivity index (χ3n) is 3.46. The first-order valence-corrected chi connectivity index (χ1v) is 7.67. The number of pyridine rings is 1. The molecule has 7 heteroatoms. The number of carbonyl (C=O) groups excluding carboxylic acids is 1. The van der Waals surface area contributed by atoms with Crippen molar-refractivity contribution in [2.24, 2.45) is 0 Å². The molecule has 110 valence electrons. The molecular formula is C14H16BrN5O. The van der Waals surface area contributed by atoms with Gasteiger partial charge in [-0.15, -0.1) is 0 Å². The van der Waals surface area contributed by atoms with Gasteiger partial charge in [0.05, 0.1) is 12.1 Å². The average Bonchev–Trinajstić information content (AvgIpc) is 2.96. The number of carbonyl (C=O) groups is 1. The standard InChI is InChI=1S/C14H16BrN5O/c1-2-16-13-11(7-10(15)8-18-13)14(21)20-6-5-19-4-3-17-12(19)9-20/h3-4,7-8H,2,5-6,9H2,1H3,(H,16,18). The molecule has 3 heterocycles. The molecule has 0 aliphatic carbocycles. The molecule has 0 unspecified atom stereocenters. The minimum Gasteiger partial charge on any atom is -0.370 e. The highest BCUT2D eigenvalue weighted by Gasteiger charge is 2.24. The van der Waals surface area contributed by atoms with Gasteiger partial charge in [-0.05, 0) is 28.9 Å². The van der Waals surface area contributed by atoms with Gasteiger partial charge in [-0.3, -0.25) is 4.79 Å². The lowest BCUT2D eigenvalue weighted by Crippen LogP contribution is -2.38. The van der Waals surface area contributed by atoms with Crippen LogP contribution in [0.4, 0.5) is 5.82 Å². The van der Waals surface area contributed by atoms with Gasteiger partial charge in [0.25, 0.3) is 5.91 Å². The molecule has 1 aliphatic rings. The van der Waals surface area contributed by atoms with E-state index in [0.29, 0.717) is 24.5 Å². The van der Waals surface area contributed by atoms with Crippen molar-refractivity contribution in [1.29, 1.82) is 0 Å². The molecule has 2 aromatic rings. The van der Waals surface area contributed by atoms with Crippen molar-refractivity contribution in [3.8, 4) is 0 Å². The minimum atomic E-state index is -0.0194. The Hall–Kier alpha value is -1.89. The summed E-state index contributed by atoms with van der Waals surface area (Å²) >= 11 is 3.38. The van der Waals surface area contributed by atoms with Crippen molar-refractivity contribution < 1.29 is 4.79 Å². The fourth-order valence-electron chi connectivity index (χ4n) is 2.43. The van der Waals surface area contributed by atoms with Crippen molar-refractivity contribution in [2.75, 3.05) is 18.4 Å². The van der Waals surface area contributed by atoms with Gasteiger partial charge >= 0.3 is 0 Å². The second-order valence-electron chi connectivity index (χ2n) is 4.84. The summed E-state index contributed by atoms with van der Waals surface area (Å²) in [6.45, 7) is 4.69. The van der Waals surface area contributed by atoms with E-state index in [-0.39, 0.29) is 5.91 Å². The predicted octanol–water partition coefficient (Wildman–Crippen LogP) is 2.13. The number of hydrogen-bond donors (Lipinski definition) is 1. The zero-order valence-electron chi connectivity index (χ0n) is 11.7. The van der Waals surface area contributed by atoms with Gasteiger partial charge in [-0.25, -0.2) is 9.97 Å². The van der Waals surface area contributed by atoms with Crippen LogP contribution in [0.3, 0.4) is 0 Å². The van der Waals surface area contributed by atoms with Gasteiger partial charge < -0.3 is 14.8 Å². The zero-order chi connectivity index (χ0) is 14.8. The van der Waals surface area contributed by atoms with E-state index in [4.69, 9.17) is 0 Å². The van der Waals surface area contributed by atoms with E-state index < -0.39 is 0 Å². The smallest absolute Gasteiger partial charge is 0.258 e. The van der Waals surface area contributed by atoms with Gasteiger partial charge in [0.1, 0.15) is 11.6 Å². The Morgan fingerprint density at radius 3 is 3.10 bits per heavy atom. The summed E-state index contributed by atoms with van der Waals surface area (Å²) in [6.07, 6.45) is 5.41. The van der Waals surface area contributed by atoms with Crippen LogP contribution >= 0.6 is 15.9 Å². The first-order valence-electron chi connectivity index (χ1n) is 6.87. The highest BCUT2D eigenvalue weighted by Crippen LogP contribution is 2.22. The third-order valence-corrected chi connectivity index (χ3v) is 3.89. The van der Waals surface area contributed by atoms with Crippen LogP contribution in [0, 0.1) is 0 Å². The number of amides is 1. The third kappa shape index (κ3) is 2.78. The van der Waals surface area contributed by atoms with E-state index in [0.717, 1.165) is 23.4 Å². The van der Waals surface area contributed by atoms with Crippen molar-refractivity contribution in [3.05, 3.63) is 40.5 Å². The Balaban J connectivity index is 1.87. The predicted molar refractivity (Wildman–Crippen MR) is 83.1 cm³/mol. The zero-order valence-corrected chi connectivity index (χ0v) is 13.3. The number of anilines is 1. The Kier molecular flexibility index (Phi) is 3.92. The molecule has 3 rings (SSSR count). The highest BCUT2D eigenvalue weighted by atomic mass is 79.9. The second-order valence-corrected chi connectivity index (χ2v) is 5.76. The molecule has 0 aromatic carbocycles. The van der Waals surface area contributed by atoms with Crippen molar-refractivity contribution in [1.82, 2.24) is 19.4 Å². The number of hydrogen-bond acceptors (Lipinski definition) is 4. The lowest BCUT2D eigenvalue weighted by Gasteiger charge is -2.28. The number of rotatable bonds is 3. The molecule has 21 heavy (non-hydrogen) atoms. The Labute approximate surface area is 131 Å². The molecule has 0 saturated carbocycles. The van der Waals surface area contributed by atoms with Gasteiger partial charge in [-0.1, -0.05) is 0 Å². The van der Waals surface area contributed by atoms with E-state index in [1.807, 2.05) is 24.1 Å². The lowest BCUT2D eigenvalue weighted by molar-refractivity contribution is 0.0708. The van der Waals surface area contributed by atoms with Gasteiger partial charge in [0.2, 0.25) is 0 Å². The van der Waals surface area contributed by atoms with Crippen LogP contribution in [0.2, 0.25) is 0 Å². The summed E-state index contributed by atoms with van der Waals surface area (Å²) in [5, 5.41) is 3.14. The monoisotopic (exact) mass is 349 g/mol. The largest absolute Gasteiger partial charge is 0.370 e. The summed E-state index contributed by atoms with van der Waals surface area (Å²) in [5.41, 5.74) is 0.589. The van der Waals surface area contributed by atoms with Gasteiger partial charge in [0.15, 0.2) is 0 Å². The number of fused-ring (bicyclic) bond motifs is 1. The quantitative estimate of drug-likeness (QED) is 0.921. The molecule has 0 spiro atoms. The maximum Gasteiger partial charge on any atom is 0.258 e. The molecule has 0 saturated heterocycles. The maximum absolute atomic E-state index is 12.8. The molecule has 2 aromatic heterocycles. The Morgan fingerprint density at radius 2 is 2.29 bits per heavy atom. The van der Waals surface area contributed by atoms with E-state index in [2.05, 4.69) is 35.8 Å². The SMILES string of the molecule is CCNc1ncc(Br)cc1C(=O)N1CCn2ccnc2C1. The maximum atomic E-state index is 12.8. The summed E-state index contributed by atoms with van der Waals surface area (Å²) < 4.78 is 2.87. The van der Waals surface area contributed by atoms with Crippen LogP contribution in [0.15, 0.2) is 29.1 Å². The normalized spacial score (nSPS) is 13.9. The molecule has 1 N–H and O–H groups in total. The molecule has 0 radical (unpaired) electrons. The second kappa shape index (κ2) is 5.85. The van der Waals surface area contributed by atoms with Crippen molar-refractivity contribution >= 4 is 27.7 Å². The molecule has 0 bridgehead atoms. The molecule has 0 atom stereocenters. The van der Waals surface area contributed by atoms with Crippen LogP contribution in [-0.2, 0) is 13.1 Å². The molecule has 6 nitrogen and oxygen atoms in total. The van der Waals surface area contributed by atoms with Crippen LogP contribution in [-0.4, -0.2) is 38.4 Å². The van der Waals surface area contributed by atoms with Crippen LogP contribution in [0.1, 0.15) is 23.1 Å².